The highest BCUT2D eigenvalue weighted by Crippen LogP contribution is 2.34. The van der Waals surface area contributed by atoms with E-state index in [1.807, 2.05) is 30.3 Å². The molecular weight excluding hydrogens is 322 g/mol. The van der Waals surface area contributed by atoms with Crippen LogP contribution < -0.4 is 29.0 Å². The fraction of sp³-hybridized carbons (Fsp3) is 0.368. The Morgan fingerprint density at radius 3 is 1.76 bits per heavy atom. The van der Waals surface area contributed by atoms with E-state index in [4.69, 9.17) is 23.7 Å². The fourth-order valence-electron chi connectivity index (χ4n) is 2.56. The summed E-state index contributed by atoms with van der Waals surface area (Å²) >= 11 is 0. The minimum atomic E-state index is 0.623. The van der Waals surface area contributed by atoms with Crippen molar-refractivity contribution in [1.82, 2.24) is 5.32 Å². The van der Waals surface area contributed by atoms with Crippen molar-refractivity contribution in [2.45, 2.75) is 13.1 Å². The van der Waals surface area contributed by atoms with Crippen molar-refractivity contribution in [1.29, 1.82) is 0 Å². The smallest absolute Gasteiger partial charge is 0.164 e. The van der Waals surface area contributed by atoms with Crippen molar-refractivity contribution in [3.05, 3.63) is 41.5 Å². The van der Waals surface area contributed by atoms with E-state index in [-0.39, 0.29) is 0 Å². The predicted octanol–water partition coefficient (Wildman–Crippen LogP) is 3.02. The second-order valence-corrected chi connectivity index (χ2v) is 5.31. The van der Waals surface area contributed by atoms with Gasteiger partial charge in [0, 0.05) is 24.7 Å². The quantitative estimate of drug-likeness (QED) is 0.752. The molecule has 0 spiro atoms. The number of rotatable bonds is 9. The van der Waals surface area contributed by atoms with Crippen LogP contribution in [-0.4, -0.2) is 35.5 Å². The predicted molar refractivity (Wildman–Crippen MR) is 96.2 cm³/mol. The Bertz CT molecular complexity index is 702. The van der Waals surface area contributed by atoms with Crippen LogP contribution in [0, 0.1) is 0 Å². The Hall–Kier alpha value is -2.60. The Balaban J connectivity index is 2.08. The lowest BCUT2D eigenvalue weighted by Gasteiger charge is -2.15. The van der Waals surface area contributed by atoms with Crippen molar-refractivity contribution in [3.8, 4) is 28.7 Å². The summed E-state index contributed by atoms with van der Waals surface area (Å²) in [5, 5.41) is 3.40. The first kappa shape index (κ1) is 18.7. The molecular formula is C19H25NO5. The van der Waals surface area contributed by atoms with Gasteiger partial charge in [0.05, 0.1) is 35.5 Å². The standard InChI is InChI=1S/C19H25NO5/c1-21-15-7-6-13(8-17(15)23-3)11-20-12-14-9-18(24-4)19(25-5)10-16(14)22-2/h6-10,20H,11-12H2,1-5H3. The molecule has 6 heteroatoms. The molecule has 1 N–H and O–H groups in total. The van der Waals surface area contributed by atoms with Gasteiger partial charge >= 0.3 is 0 Å². The summed E-state index contributed by atoms with van der Waals surface area (Å²) in [6.45, 7) is 1.30. The van der Waals surface area contributed by atoms with Crippen molar-refractivity contribution in [2.75, 3.05) is 35.5 Å². The number of methoxy groups -OCH3 is 5. The highest BCUT2D eigenvalue weighted by molar-refractivity contribution is 5.50. The van der Waals surface area contributed by atoms with E-state index in [1.165, 1.54) is 0 Å². The monoisotopic (exact) mass is 347 g/mol. The highest BCUT2D eigenvalue weighted by atomic mass is 16.5. The van der Waals surface area contributed by atoms with E-state index in [0.29, 0.717) is 36.1 Å². The molecule has 0 amide bonds. The van der Waals surface area contributed by atoms with Crippen LogP contribution in [0.15, 0.2) is 30.3 Å². The van der Waals surface area contributed by atoms with Gasteiger partial charge in [-0.15, -0.1) is 0 Å². The normalized spacial score (nSPS) is 10.3. The van der Waals surface area contributed by atoms with Crippen LogP contribution in [0.3, 0.4) is 0 Å². The summed E-state index contributed by atoms with van der Waals surface area (Å²) in [6.07, 6.45) is 0. The lowest BCUT2D eigenvalue weighted by Crippen LogP contribution is -2.13. The van der Waals surface area contributed by atoms with Gasteiger partial charge in [-0.3, -0.25) is 0 Å². The molecule has 0 radical (unpaired) electrons. The Kier molecular flexibility index (Phi) is 6.77. The van der Waals surface area contributed by atoms with Gasteiger partial charge in [-0.2, -0.15) is 0 Å². The van der Waals surface area contributed by atoms with Gasteiger partial charge in [-0.05, 0) is 23.8 Å². The molecule has 0 aromatic heterocycles. The Labute approximate surface area is 148 Å². The Morgan fingerprint density at radius 2 is 1.16 bits per heavy atom. The lowest BCUT2D eigenvalue weighted by molar-refractivity contribution is 0.347. The first-order valence-corrected chi connectivity index (χ1v) is 7.87. The minimum absolute atomic E-state index is 0.623. The van der Waals surface area contributed by atoms with E-state index in [0.717, 1.165) is 16.9 Å². The van der Waals surface area contributed by atoms with Crippen LogP contribution in [0.4, 0.5) is 0 Å². The second kappa shape index (κ2) is 9.03. The Morgan fingerprint density at radius 1 is 0.600 bits per heavy atom. The minimum Gasteiger partial charge on any atom is -0.496 e. The second-order valence-electron chi connectivity index (χ2n) is 5.31. The average Bonchev–Trinajstić information content (AvgIpc) is 2.67. The summed E-state index contributed by atoms with van der Waals surface area (Å²) in [6, 6.07) is 9.59. The summed E-state index contributed by atoms with van der Waals surface area (Å²) in [7, 11) is 8.11. The van der Waals surface area contributed by atoms with Crippen molar-refractivity contribution < 1.29 is 23.7 Å². The van der Waals surface area contributed by atoms with Crippen molar-refractivity contribution >= 4 is 0 Å². The molecule has 0 aliphatic rings. The lowest BCUT2D eigenvalue weighted by atomic mass is 10.1. The van der Waals surface area contributed by atoms with E-state index < -0.39 is 0 Å². The number of ether oxygens (including phenoxy) is 5. The molecule has 2 aromatic carbocycles. The van der Waals surface area contributed by atoms with E-state index in [9.17, 15) is 0 Å². The van der Waals surface area contributed by atoms with Gasteiger partial charge in [0.15, 0.2) is 23.0 Å². The van der Waals surface area contributed by atoms with Gasteiger partial charge in [0.2, 0.25) is 0 Å². The summed E-state index contributed by atoms with van der Waals surface area (Å²) in [5.74, 6) is 3.49. The molecule has 0 aliphatic heterocycles. The zero-order valence-electron chi connectivity index (χ0n) is 15.3. The van der Waals surface area contributed by atoms with Gasteiger partial charge in [-0.1, -0.05) is 6.07 Å². The molecule has 6 nitrogen and oxygen atoms in total. The molecule has 136 valence electrons. The van der Waals surface area contributed by atoms with Crippen LogP contribution in [-0.2, 0) is 13.1 Å². The van der Waals surface area contributed by atoms with Crippen molar-refractivity contribution in [2.24, 2.45) is 0 Å². The molecule has 0 unspecified atom stereocenters. The van der Waals surface area contributed by atoms with Crippen LogP contribution >= 0.6 is 0 Å². The zero-order chi connectivity index (χ0) is 18.2. The molecule has 0 aliphatic carbocycles. The van der Waals surface area contributed by atoms with Gasteiger partial charge in [-0.25, -0.2) is 0 Å². The van der Waals surface area contributed by atoms with E-state index in [1.54, 1.807) is 35.5 Å². The molecule has 2 rings (SSSR count). The molecule has 0 heterocycles. The van der Waals surface area contributed by atoms with Crippen LogP contribution in [0.1, 0.15) is 11.1 Å². The maximum Gasteiger partial charge on any atom is 0.164 e. The van der Waals surface area contributed by atoms with Crippen LogP contribution in [0.2, 0.25) is 0 Å². The molecule has 2 aromatic rings. The molecule has 0 fully saturated rings. The first-order chi connectivity index (χ1) is 12.2. The number of benzene rings is 2. The molecule has 0 bridgehead atoms. The zero-order valence-corrected chi connectivity index (χ0v) is 15.3. The topological polar surface area (TPSA) is 58.2 Å². The van der Waals surface area contributed by atoms with Crippen molar-refractivity contribution in [3.63, 3.8) is 0 Å². The summed E-state index contributed by atoms with van der Waals surface area (Å²) in [4.78, 5) is 0. The fourth-order valence-corrected chi connectivity index (χ4v) is 2.56. The molecule has 25 heavy (non-hydrogen) atoms. The third-order valence-electron chi connectivity index (χ3n) is 3.88. The summed E-state index contributed by atoms with van der Waals surface area (Å²) in [5.41, 5.74) is 2.08. The first-order valence-electron chi connectivity index (χ1n) is 7.87. The van der Waals surface area contributed by atoms with Crippen LogP contribution in [0.25, 0.3) is 0 Å². The number of nitrogens with one attached hydrogen (secondary N) is 1. The van der Waals surface area contributed by atoms with Crippen LogP contribution in [0.5, 0.6) is 28.7 Å². The molecule has 0 saturated heterocycles. The number of hydrogen-bond acceptors (Lipinski definition) is 6. The molecule has 0 atom stereocenters. The van der Waals surface area contributed by atoms with E-state index in [2.05, 4.69) is 5.32 Å². The third kappa shape index (κ3) is 4.48. The maximum atomic E-state index is 5.44. The van der Waals surface area contributed by atoms with Gasteiger partial charge in [0.25, 0.3) is 0 Å². The van der Waals surface area contributed by atoms with Gasteiger partial charge in [0.1, 0.15) is 5.75 Å². The average molecular weight is 347 g/mol. The molecule has 0 saturated carbocycles. The SMILES string of the molecule is COc1cc(OC)c(OC)cc1CNCc1ccc(OC)c(OC)c1. The maximum absolute atomic E-state index is 5.44. The summed E-state index contributed by atoms with van der Waals surface area (Å²) < 4.78 is 26.7. The van der Waals surface area contributed by atoms with Gasteiger partial charge < -0.3 is 29.0 Å². The third-order valence-corrected chi connectivity index (χ3v) is 3.88. The van der Waals surface area contributed by atoms with E-state index >= 15 is 0 Å². The highest BCUT2D eigenvalue weighted by Gasteiger charge is 2.12. The largest absolute Gasteiger partial charge is 0.496 e. The number of hydrogen-bond donors (Lipinski definition) is 1.